The summed E-state index contributed by atoms with van der Waals surface area (Å²) in [6.45, 7) is -1.33. The number of nitrogens with zero attached hydrogens (tertiary/aromatic N) is 3. The average Bonchev–Trinajstić information content (AvgIpc) is 3.29. The van der Waals surface area contributed by atoms with Crippen LogP contribution in [0.25, 0.3) is 11.0 Å². The molecule has 31 heavy (non-hydrogen) atoms. The van der Waals surface area contributed by atoms with Crippen molar-refractivity contribution in [2.75, 3.05) is 5.75 Å². The standard InChI is InChI=1S/C21H17F2N3O4S/c1-12(18-24-15-7-2-3-8-16(15)26(18)20(22)23)30-19(28)14-6-4-5-13(9-14)10-25-17(27)11-31-21(25)29/h2-9,12,20H,10-11H2,1H3. The molecule has 4 rings (SSSR count). The molecular weight excluding hydrogens is 428 g/mol. The van der Waals surface area contributed by atoms with Gasteiger partial charge in [-0.2, -0.15) is 8.78 Å². The minimum absolute atomic E-state index is 0.0442. The largest absolute Gasteiger partial charge is 0.451 e. The zero-order chi connectivity index (χ0) is 22.1. The maximum Gasteiger partial charge on any atom is 0.338 e. The third-order valence-corrected chi connectivity index (χ3v) is 5.67. The van der Waals surface area contributed by atoms with Crippen LogP contribution in [0.5, 0.6) is 0 Å². The van der Waals surface area contributed by atoms with Crippen LogP contribution in [0.15, 0.2) is 48.5 Å². The highest BCUT2D eigenvalue weighted by Gasteiger charge is 2.30. The Balaban J connectivity index is 1.54. The van der Waals surface area contributed by atoms with Gasteiger partial charge in [-0.05, 0) is 36.8 Å². The predicted octanol–water partition coefficient (Wildman–Crippen LogP) is 4.54. The number of alkyl halides is 2. The second kappa shape index (κ2) is 8.46. The number of fused-ring (bicyclic) bond motifs is 1. The summed E-state index contributed by atoms with van der Waals surface area (Å²) in [5, 5.41) is -0.336. The van der Waals surface area contributed by atoms with Gasteiger partial charge in [-0.15, -0.1) is 0 Å². The van der Waals surface area contributed by atoms with E-state index in [0.717, 1.165) is 21.2 Å². The lowest BCUT2D eigenvalue weighted by atomic mass is 10.1. The smallest absolute Gasteiger partial charge is 0.338 e. The van der Waals surface area contributed by atoms with Gasteiger partial charge in [-0.25, -0.2) is 9.78 Å². The van der Waals surface area contributed by atoms with Gasteiger partial charge >= 0.3 is 12.5 Å². The molecule has 0 aliphatic carbocycles. The van der Waals surface area contributed by atoms with Crippen LogP contribution in [0.4, 0.5) is 13.6 Å². The molecule has 0 bridgehead atoms. The molecule has 1 unspecified atom stereocenters. The van der Waals surface area contributed by atoms with Crippen LogP contribution in [0, 0.1) is 0 Å². The molecule has 10 heteroatoms. The molecule has 2 heterocycles. The summed E-state index contributed by atoms with van der Waals surface area (Å²) in [7, 11) is 0. The Hall–Kier alpha value is -3.27. The van der Waals surface area contributed by atoms with Gasteiger partial charge in [0.15, 0.2) is 11.9 Å². The van der Waals surface area contributed by atoms with Gasteiger partial charge < -0.3 is 4.74 Å². The lowest BCUT2D eigenvalue weighted by molar-refractivity contribution is -0.125. The average molecular weight is 445 g/mol. The predicted molar refractivity (Wildman–Crippen MR) is 110 cm³/mol. The van der Waals surface area contributed by atoms with Gasteiger partial charge in [0.25, 0.3) is 5.24 Å². The van der Waals surface area contributed by atoms with Crippen LogP contribution in [-0.4, -0.2) is 37.3 Å². The number of amides is 2. The molecule has 0 radical (unpaired) electrons. The number of benzene rings is 2. The van der Waals surface area contributed by atoms with E-state index in [4.69, 9.17) is 4.74 Å². The fraction of sp³-hybridized carbons (Fsp3) is 0.238. The van der Waals surface area contributed by atoms with Crippen molar-refractivity contribution in [1.29, 1.82) is 0 Å². The van der Waals surface area contributed by atoms with Crippen molar-refractivity contribution in [3.8, 4) is 0 Å². The summed E-state index contributed by atoms with van der Waals surface area (Å²) >= 11 is 0.930. The Morgan fingerprint density at radius 2 is 1.97 bits per heavy atom. The van der Waals surface area contributed by atoms with E-state index in [9.17, 15) is 23.2 Å². The maximum atomic E-state index is 13.6. The van der Waals surface area contributed by atoms with E-state index in [0.29, 0.717) is 11.1 Å². The summed E-state index contributed by atoms with van der Waals surface area (Å²) in [5.41, 5.74) is 1.37. The molecule has 2 amide bonds. The number of ether oxygens (including phenoxy) is 1. The Morgan fingerprint density at radius 3 is 2.68 bits per heavy atom. The van der Waals surface area contributed by atoms with Crippen LogP contribution >= 0.6 is 11.8 Å². The summed E-state index contributed by atoms with van der Waals surface area (Å²) in [6, 6.07) is 12.7. The van der Waals surface area contributed by atoms with Crippen molar-refractivity contribution in [3.63, 3.8) is 0 Å². The molecule has 0 saturated carbocycles. The number of imide groups is 1. The first-order valence-electron chi connectivity index (χ1n) is 9.37. The number of aromatic nitrogens is 2. The van der Waals surface area contributed by atoms with Crippen molar-refractivity contribution >= 4 is 39.9 Å². The zero-order valence-electron chi connectivity index (χ0n) is 16.3. The Morgan fingerprint density at radius 1 is 1.19 bits per heavy atom. The fourth-order valence-electron chi connectivity index (χ4n) is 3.35. The minimum Gasteiger partial charge on any atom is -0.451 e. The van der Waals surface area contributed by atoms with Gasteiger partial charge in [0.05, 0.1) is 28.9 Å². The quantitative estimate of drug-likeness (QED) is 0.518. The maximum absolute atomic E-state index is 13.6. The highest BCUT2D eigenvalue weighted by molar-refractivity contribution is 8.14. The SMILES string of the molecule is CC(OC(=O)c1cccc(CN2C(=O)CSC2=O)c1)c1nc2ccccc2n1C(F)F. The van der Waals surface area contributed by atoms with Gasteiger partial charge in [0.1, 0.15) is 0 Å². The van der Waals surface area contributed by atoms with Gasteiger partial charge in [-0.1, -0.05) is 36.0 Å². The molecule has 1 aliphatic heterocycles. The monoisotopic (exact) mass is 445 g/mol. The number of halogens is 2. The number of para-hydroxylation sites is 2. The van der Waals surface area contributed by atoms with E-state index < -0.39 is 18.6 Å². The van der Waals surface area contributed by atoms with Crippen LogP contribution in [0.1, 0.15) is 41.3 Å². The van der Waals surface area contributed by atoms with Crippen molar-refractivity contribution in [1.82, 2.24) is 14.5 Å². The van der Waals surface area contributed by atoms with Crippen molar-refractivity contribution in [2.45, 2.75) is 26.1 Å². The second-order valence-corrected chi connectivity index (χ2v) is 7.82. The third-order valence-electron chi connectivity index (χ3n) is 4.81. The first-order chi connectivity index (χ1) is 14.8. The lowest BCUT2D eigenvalue weighted by Gasteiger charge is -2.16. The molecule has 3 aromatic rings. The van der Waals surface area contributed by atoms with E-state index in [1.165, 1.54) is 25.1 Å². The first kappa shape index (κ1) is 21.0. The number of imidazole rings is 1. The number of rotatable bonds is 6. The number of carbonyl (C=O) groups is 3. The molecule has 1 aliphatic rings. The van der Waals surface area contributed by atoms with E-state index in [-0.39, 0.29) is 40.3 Å². The van der Waals surface area contributed by atoms with Crippen LogP contribution < -0.4 is 0 Å². The highest BCUT2D eigenvalue weighted by atomic mass is 32.2. The molecule has 160 valence electrons. The molecule has 1 saturated heterocycles. The van der Waals surface area contributed by atoms with Gasteiger partial charge in [0.2, 0.25) is 5.91 Å². The van der Waals surface area contributed by atoms with Gasteiger partial charge in [0, 0.05) is 0 Å². The fourth-order valence-corrected chi connectivity index (χ4v) is 4.07. The van der Waals surface area contributed by atoms with Crippen LogP contribution in [0.2, 0.25) is 0 Å². The molecular formula is C21H17F2N3O4S. The molecule has 1 fully saturated rings. The number of esters is 1. The van der Waals surface area contributed by atoms with Crippen LogP contribution in [-0.2, 0) is 16.1 Å². The molecule has 1 atom stereocenters. The molecule has 7 nitrogen and oxygen atoms in total. The summed E-state index contributed by atoms with van der Waals surface area (Å²) in [4.78, 5) is 41.5. The highest BCUT2D eigenvalue weighted by Crippen LogP contribution is 2.29. The van der Waals surface area contributed by atoms with E-state index in [1.54, 1.807) is 30.3 Å². The molecule has 0 spiro atoms. The van der Waals surface area contributed by atoms with Gasteiger partial charge in [-0.3, -0.25) is 19.1 Å². The second-order valence-electron chi connectivity index (χ2n) is 6.89. The number of thioether (sulfide) groups is 1. The van der Waals surface area contributed by atoms with E-state index in [1.807, 2.05) is 0 Å². The summed E-state index contributed by atoms with van der Waals surface area (Å²) < 4.78 is 33.4. The van der Waals surface area contributed by atoms with E-state index in [2.05, 4.69) is 4.98 Å². The zero-order valence-corrected chi connectivity index (χ0v) is 17.1. The Kier molecular flexibility index (Phi) is 5.73. The van der Waals surface area contributed by atoms with Crippen molar-refractivity contribution in [2.24, 2.45) is 0 Å². The van der Waals surface area contributed by atoms with Crippen LogP contribution in [0.3, 0.4) is 0 Å². The minimum atomic E-state index is -2.85. The normalized spacial score (nSPS) is 15.2. The first-order valence-corrected chi connectivity index (χ1v) is 10.4. The van der Waals surface area contributed by atoms with Crippen molar-refractivity contribution < 1.29 is 27.9 Å². The molecule has 1 aromatic heterocycles. The van der Waals surface area contributed by atoms with Crippen molar-refractivity contribution in [3.05, 3.63) is 65.5 Å². The number of carbonyl (C=O) groups excluding carboxylic acids is 3. The topological polar surface area (TPSA) is 81.5 Å². The summed E-state index contributed by atoms with van der Waals surface area (Å²) in [5.74, 6) is -0.979. The Labute approximate surface area is 180 Å². The Bertz CT molecular complexity index is 1160. The third kappa shape index (κ3) is 4.15. The number of hydrogen-bond acceptors (Lipinski definition) is 6. The van der Waals surface area contributed by atoms with E-state index >= 15 is 0 Å². The molecule has 2 aromatic carbocycles. The lowest BCUT2D eigenvalue weighted by Crippen LogP contribution is -2.28. The molecule has 0 N–H and O–H groups in total. The number of hydrogen-bond donors (Lipinski definition) is 0. The summed E-state index contributed by atoms with van der Waals surface area (Å²) in [6.07, 6.45) is -1.03.